The molecule has 130 valence electrons. The summed E-state index contributed by atoms with van der Waals surface area (Å²) in [5, 5.41) is 2.92. The Balaban J connectivity index is 1.67. The molecule has 3 rings (SSSR count). The summed E-state index contributed by atoms with van der Waals surface area (Å²) < 4.78 is 15.7. The van der Waals surface area contributed by atoms with E-state index < -0.39 is 0 Å². The van der Waals surface area contributed by atoms with Crippen LogP contribution in [-0.2, 0) is 11.2 Å². The Kier molecular flexibility index (Phi) is 4.88. The van der Waals surface area contributed by atoms with E-state index >= 15 is 0 Å². The molecule has 25 heavy (non-hydrogen) atoms. The number of hydrogen-bond acceptors (Lipinski definition) is 5. The highest BCUT2D eigenvalue weighted by Gasteiger charge is 2.15. The van der Waals surface area contributed by atoms with Crippen molar-refractivity contribution in [3.8, 4) is 11.5 Å². The zero-order chi connectivity index (χ0) is 17.8. The second-order valence-corrected chi connectivity index (χ2v) is 5.82. The molecular formula is C19H20N2O4. The molecule has 0 spiro atoms. The Morgan fingerprint density at radius 1 is 1.16 bits per heavy atom. The van der Waals surface area contributed by atoms with Crippen molar-refractivity contribution < 1.29 is 18.7 Å². The summed E-state index contributed by atoms with van der Waals surface area (Å²) in [6, 6.07) is 11.1. The smallest absolute Gasteiger partial charge is 0.227 e. The molecule has 0 saturated heterocycles. The fraction of sp³-hybridized carbons (Fsp3) is 0.263. The Hall–Kier alpha value is -3.02. The fourth-order valence-electron chi connectivity index (χ4n) is 2.65. The minimum absolute atomic E-state index is 0.0578. The van der Waals surface area contributed by atoms with Gasteiger partial charge in [0.15, 0.2) is 23.5 Å². The van der Waals surface area contributed by atoms with E-state index in [0.29, 0.717) is 34.7 Å². The van der Waals surface area contributed by atoms with Crippen LogP contribution in [0.1, 0.15) is 12.5 Å². The van der Waals surface area contributed by atoms with Crippen molar-refractivity contribution in [2.75, 3.05) is 19.5 Å². The van der Waals surface area contributed by atoms with Gasteiger partial charge >= 0.3 is 0 Å². The molecule has 1 amide bonds. The Morgan fingerprint density at radius 2 is 1.96 bits per heavy atom. The van der Waals surface area contributed by atoms with Crippen molar-refractivity contribution in [1.29, 1.82) is 0 Å². The van der Waals surface area contributed by atoms with Crippen LogP contribution < -0.4 is 14.8 Å². The van der Waals surface area contributed by atoms with Gasteiger partial charge in [0.1, 0.15) is 5.52 Å². The van der Waals surface area contributed by atoms with Crippen molar-refractivity contribution >= 4 is 22.7 Å². The Labute approximate surface area is 145 Å². The monoisotopic (exact) mass is 340 g/mol. The van der Waals surface area contributed by atoms with Gasteiger partial charge in [-0.1, -0.05) is 13.0 Å². The number of nitrogens with one attached hydrogen (secondary N) is 1. The molecule has 1 unspecified atom stereocenters. The van der Waals surface area contributed by atoms with Crippen LogP contribution in [0.2, 0.25) is 0 Å². The average molecular weight is 340 g/mol. The van der Waals surface area contributed by atoms with Crippen LogP contribution in [0.25, 0.3) is 11.1 Å². The van der Waals surface area contributed by atoms with E-state index in [9.17, 15) is 4.79 Å². The van der Waals surface area contributed by atoms with Crippen molar-refractivity contribution in [1.82, 2.24) is 4.98 Å². The number of fused-ring (bicyclic) bond motifs is 1. The first-order chi connectivity index (χ1) is 12.1. The van der Waals surface area contributed by atoms with Crippen molar-refractivity contribution in [2.24, 2.45) is 5.92 Å². The molecular weight excluding hydrogens is 320 g/mol. The highest BCUT2D eigenvalue weighted by molar-refractivity contribution is 5.94. The maximum atomic E-state index is 12.5. The number of anilines is 1. The summed E-state index contributed by atoms with van der Waals surface area (Å²) in [7, 11) is 3.19. The third kappa shape index (κ3) is 3.74. The van der Waals surface area contributed by atoms with Crippen LogP contribution in [0.4, 0.5) is 5.69 Å². The molecule has 1 N–H and O–H groups in total. The normalized spacial score (nSPS) is 12.0. The number of aromatic nitrogens is 1. The van der Waals surface area contributed by atoms with Crippen molar-refractivity contribution in [3.05, 3.63) is 48.4 Å². The standard InChI is InChI=1S/C19H20N2O4/c1-12(8-13-4-6-17(23-2)18(9-13)24-3)19(22)21-14-5-7-16-15(10-14)20-11-25-16/h4-7,9-12H,8H2,1-3H3,(H,21,22). The molecule has 0 aliphatic carbocycles. The number of oxazole rings is 1. The number of amides is 1. The number of carbonyl (C=O) groups excluding carboxylic acids is 1. The van der Waals surface area contributed by atoms with E-state index in [0.717, 1.165) is 5.56 Å². The number of ether oxygens (including phenoxy) is 2. The van der Waals surface area contributed by atoms with Gasteiger partial charge in [-0.2, -0.15) is 0 Å². The van der Waals surface area contributed by atoms with Crippen LogP contribution in [-0.4, -0.2) is 25.1 Å². The van der Waals surface area contributed by atoms with Crippen molar-refractivity contribution in [2.45, 2.75) is 13.3 Å². The summed E-state index contributed by atoms with van der Waals surface area (Å²) in [5.74, 6) is 1.07. The molecule has 0 aliphatic rings. The van der Waals surface area contributed by atoms with Crippen molar-refractivity contribution in [3.63, 3.8) is 0 Å². The zero-order valence-corrected chi connectivity index (χ0v) is 14.4. The van der Waals surface area contributed by atoms with E-state index in [-0.39, 0.29) is 11.8 Å². The maximum Gasteiger partial charge on any atom is 0.227 e. The largest absolute Gasteiger partial charge is 0.493 e. The second kappa shape index (κ2) is 7.25. The molecule has 0 saturated carbocycles. The predicted octanol–water partition coefficient (Wildman–Crippen LogP) is 3.66. The number of hydrogen-bond donors (Lipinski definition) is 1. The van der Waals surface area contributed by atoms with Gasteiger partial charge in [0.2, 0.25) is 5.91 Å². The second-order valence-electron chi connectivity index (χ2n) is 5.82. The van der Waals surface area contributed by atoms with E-state index in [1.165, 1.54) is 6.39 Å². The lowest BCUT2D eigenvalue weighted by molar-refractivity contribution is -0.119. The number of carbonyl (C=O) groups is 1. The first-order valence-corrected chi connectivity index (χ1v) is 7.95. The first-order valence-electron chi connectivity index (χ1n) is 7.95. The van der Waals surface area contributed by atoms with E-state index in [2.05, 4.69) is 10.3 Å². The van der Waals surface area contributed by atoms with E-state index in [1.54, 1.807) is 32.4 Å². The van der Waals surface area contributed by atoms with Gasteiger partial charge in [0.25, 0.3) is 0 Å². The average Bonchev–Trinajstić information content (AvgIpc) is 3.09. The number of methoxy groups -OCH3 is 2. The predicted molar refractivity (Wildman–Crippen MR) is 95.1 cm³/mol. The zero-order valence-electron chi connectivity index (χ0n) is 14.4. The van der Waals surface area contributed by atoms with Crippen LogP contribution >= 0.6 is 0 Å². The van der Waals surface area contributed by atoms with Crippen LogP contribution in [0.15, 0.2) is 47.2 Å². The third-order valence-corrected chi connectivity index (χ3v) is 4.04. The lowest BCUT2D eigenvalue weighted by atomic mass is 10.00. The number of nitrogens with zero attached hydrogens (tertiary/aromatic N) is 1. The molecule has 1 atom stereocenters. The molecule has 6 heteroatoms. The van der Waals surface area contributed by atoms with Gasteiger partial charge in [-0.3, -0.25) is 4.79 Å². The van der Waals surface area contributed by atoms with E-state index in [4.69, 9.17) is 13.9 Å². The summed E-state index contributed by atoms with van der Waals surface area (Å²) in [5.41, 5.74) is 3.11. The molecule has 0 aliphatic heterocycles. The van der Waals surface area contributed by atoms with Gasteiger partial charge in [-0.05, 0) is 42.3 Å². The van der Waals surface area contributed by atoms with Crippen LogP contribution in [0.3, 0.4) is 0 Å². The molecule has 0 fully saturated rings. The Bertz CT molecular complexity index is 888. The topological polar surface area (TPSA) is 73.6 Å². The van der Waals surface area contributed by atoms with E-state index in [1.807, 2.05) is 25.1 Å². The molecule has 0 radical (unpaired) electrons. The summed E-state index contributed by atoms with van der Waals surface area (Å²) in [6.45, 7) is 1.89. The third-order valence-electron chi connectivity index (χ3n) is 4.04. The van der Waals surface area contributed by atoms with Gasteiger partial charge in [0, 0.05) is 11.6 Å². The first kappa shape index (κ1) is 16.8. The Morgan fingerprint density at radius 3 is 2.72 bits per heavy atom. The SMILES string of the molecule is COc1ccc(CC(C)C(=O)Nc2ccc3ocnc3c2)cc1OC. The molecule has 3 aromatic rings. The minimum atomic E-state index is -0.203. The summed E-state index contributed by atoms with van der Waals surface area (Å²) in [6.07, 6.45) is 1.98. The summed E-state index contributed by atoms with van der Waals surface area (Å²) in [4.78, 5) is 16.5. The number of rotatable bonds is 6. The lowest BCUT2D eigenvalue weighted by Gasteiger charge is -2.14. The van der Waals surface area contributed by atoms with Gasteiger partial charge in [-0.25, -0.2) is 4.98 Å². The summed E-state index contributed by atoms with van der Waals surface area (Å²) >= 11 is 0. The molecule has 0 bridgehead atoms. The lowest BCUT2D eigenvalue weighted by Crippen LogP contribution is -2.22. The van der Waals surface area contributed by atoms with Gasteiger partial charge in [0.05, 0.1) is 14.2 Å². The van der Waals surface area contributed by atoms with Gasteiger partial charge in [-0.15, -0.1) is 0 Å². The molecule has 1 heterocycles. The van der Waals surface area contributed by atoms with Crippen LogP contribution in [0.5, 0.6) is 11.5 Å². The van der Waals surface area contributed by atoms with Gasteiger partial charge < -0.3 is 19.2 Å². The fourth-order valence-corrected chi connectivity index (χ4v) is 2.65. The minimum Gasteiger partial charge on any atom is -0.493 e. The van der Waals surface area contributed by atoms with Crippen LogP contribution in [0, 0.1) is 5.92 Å². The molecule has 2 aromatic carbocycles. The highest BCUT2D eigenvalue weighted by atomic mass is 16.5. The number of benzene rings is 2. The molecule has 6 nitrogen and oxygen atoms in total. The highest BCUT2D eigenvalue weighted by Crippen LogP contribution is 2.28. The quantitative estimate of drug-likeness (QED) is 0.741. The maximum absolute atomic E-state index is 12.5. The molecule has 1 aromatic heterocycles.